The Morgan fingerprint density at radius 1 is 0.933 bits per heavy atom. The van der Waals surface area contributed by atoms with Crippen molar-refractivity contribution in [3.63, 3.8) is 0 Å². The van der Waals surface area contributed by atoms with Crippen LogP contribution in [0.3, 0.4) is 0 Å². The SMILES string of the molecule is CCCC[Si](CCCC)(N=C=O)N=C=O. The lowest BCUT2D eigenvalue weighted by Gasteiger charge is -2.17. The number of isocyanates is 2. The summed E-state index contributed by atoms with van der Waals surface area (Å²) in [6.07, 6.45) is 7.09. The minimum Gasteiger partial charge on any atom is -0.218 e. The van der Waals surface area contributed by atoms with Crippen LogP contribution in [0.5, 0.6) is 0 Å². The van der Waals surface area contributed by atoms with Crippen LogP contribution in [0.4, 0.5) is 0 Å². The summed E-state index contributed by atoms with van der Waals surface area (Å²) >= 11 is 0. The largest absolute Gasteiger partial charge is 0.331 e. The molecule has 0 saturated carbocycles. The van der Waals surface area contributed by atoms with Gasteiger partial charge >= 0.3 is 8.40 Å². The van der Waals surface area contributed by atoms with E-state index in [1.165, 1.54) is 0 Å². The second kappa shape index (κ2) is 8.30. The van der Waals surface area contributed by atoms with Crippen molar-refractivity contribution in [3.05, 3.63) is 0 Å². The smallest absolute Gasteiger partial charge is 0.218 e. The minimum absolute atomic E-state index is 0.758. The van der Waals surface area contributed by atoms with E-state index in [1.54, 1.807) is 12.2 Å². The Hall–Kier alpha value is -1.02. The quantitative estimate of drug-likeness (QED) is 0.363. The summed E-state index contributed by atoms with van der Waals surface area (Å²) in [5, 5.41) is 0. The van der Waals surface area contributed by atoms with Crippen LogP contribution in [0, 0.1) is 0 Å². The first kappa shape index (κ1) is 14.0. The molecule has 0 aliphatic heterocycles. The van der Waals surface area contributed by atoms with Gasteiger partial charge in [0, 0.05) is 0 Å². The van der Waals surface area contributed by atoms with Gasteiger partial charge in [-0.1, -0.05) is 39.5 Å². The average molecular weight is 226 g/mol. The first-order chi connectivity index (χ1) is 7.24. The lowest BCUT2D eigenvalue weighted by Crippen LogP contribution is -2.29. The highest BCUT2D eigenvalue weighted by atomic mass is 28.3. The molecule has 0 aromatic heterocycles. The lowest BCUT2D eigenvalue weighted by atomic mass is 10.4. The molecule has 0 heterocycles. The zero-order chi connectivity index (χ0) is 11.6. The lowest BCUT2D eigenvalue weighted by molar-refractivity contribution is 0.564. The Balaban J connectivity index is 4.70. The molecule has 0 aliphatic carbocycles. The Labute approximate surface area is 91.7 Å². The third-order valence-corrected chi connectivity index (χ3v) is 5.69. The number of nitrogens with zero attached hydrogens (tertiary/aromatic N) is 2. The molecule has 0 radical (unpaired) electrons. The van der Waals surface area contributed by atoms with Crippen LogP contribution < -0.4 is 0 Å². The van der Waals surface area contributed by atoms with Crippen LogP contribution in [0.15, 0.2) is 9.32 Å². The van der Waals surface area contributed by atoms with Crippen molar-refractivity contribution in [1.29, 1.82) is 0 Å². The summed E-state index contributed by atoms with van der Waals surface area (Å²) in [6, 6.07) is 1.52. The summed E-state index contributed by atoms with van der Waals surface area (Å²) in [7, 11) is -2.43. The van der Waals surface area contributed by atoms with Crippen LogP contribution in [0.2, 0.25) is 12.1 Å². The van der Waals surface area contributed by atoms with Crippen molar-refractivity contribution in [2.24, 2.45) is 9.32 Å². The van der Waals surface area contributed by atoms with Crippen molar-refractivity contribution in [1.82, 2.24) is 0 Å². The molecule has 4 nitrogen and oxygen atoms in total. The topological polar surface area (TPSA) is 58.9 Å². The molecule has 0 aliphatic rings. The Bertz CT molecular complexity index is 241. The summed E-state index contributed by atoms with van der Waals surface area (Å²) < 4.78 is 7.65. The summed E-state index contributed by atoms with van der Waals surface area (Å²) in [4.78, 5) is 20.7. The molecule has 0 fully saturated rings. The molecule has 0 rings (SSSR count). The fourth-order valence-electron chi connectivity index (χ4n) is 1.46. The van der Waals surface area contributed by atoms with Gasteiger partial charge in [-0.3, -0.25) is 0 Å². The maximum Gasteiger partial charge on any atom is 0.331 e. The Morgan fingerprint density at radius 2 is 1.33 bits per heavy atom. The molecule has 0 spiro atoms. The maximum atomic E-state index is 10.4. The second-order valence-electron chi connectivity index (χ2n) is 3.60. The second-order valence-corrected chi connectivity index (χ2v) is 7.01. The summed E-state index contributed by atoms with van der Waals surface area (Å²) in [6.45, 7) is 4.13. The highest BCUT2D eigenvalue weighted by Gasteiger charge is 2.33. The predicted octanol–water partition coefficient (Wildman–Crippen LogP) is 2.70. The van der Waals surface area contributed by atoms with E-state index in [2.05, 4.69) is 23.2 Å². The van der Waals surface area contributed by atoms with Crippen LogP contribution in [-0.2, 0) is 9.59 Å². The van der Waals surface area contributed by atoms with Gasteiger partial charge in [-0.2, -0.15) is 0 Å². The Kier molecular flexibility index (Phi) is 7.73. The van der Waals surface area contributed by atoms with Crippen LogP contribution in [-0.4, -0.2) is 20.6 Å². The van der Waals surface area contributed by atoms with Crippen LogP contribution in [0.25, 0.3) is 0 Å². The van der Waals surface area contributed by atoms with E-state index < -0.39 is 8.40 Å². The highest BCUT2D eigenvalue weighted by molar-refractivity contribution is 6.77. The van der Waals surface area contributed by atoms with Crippen molar-refractivity contribution >= 4 is 20.6 Å². The molecule has 0 atom stereocenters. The molecule has 0 saturated heterocycles. The predicted molar refractivity (Wildman–Crippen MR) is 61.4 cm³/mol. The first-order valence-corrected chi connectivity index (χ1v) is 7.73. The molecule has 0 unspecified atom stereocenters. The van der Waals surface area contributed by atoms with Gasteiger partial charge in [0.1, 0.15) is 0 Å². The van der Waals surface area contributed by atoms with Crippen LogP contribution >= 0.6 is 0 Å². The van der Waals surface area contributed by atoms with Gasteiger partial charge in [0.05, 0.1) is 0 Å². The van der Waals surface area contributed by atoms with Gasteiger partial charge in [-0.05, 0) is 12.1 Å². The maximum absolute atomic E-state index is 10.4. The number of carbonyl (C=O) groups excluding carboxylic acids is 2. The van der Waals surface area contributed by atoms with E-state index in [0.717, 1.165) is 37.8 Å². The van der Waals surface area contributed by atoms with E-state index in [9.17, 15) is 9.59 Å². The highest BCUT2D eigenvalue weighted by Crippen LogP contribution is 2.23. The standard InChI is InChI=1S/C10H18N2O2Si/c1-3-5-7-15(11-9-13,12-10-14)8-6-4-2/h3-8H2,1-2H3. The van der Waals surface area contributed by atoms with Crippen LogP contribution in [0.1, 0.15) is 39.5 Å². The molecule has 15 heavy (non-hydrogen) atoms. The summed E-state index contributed by atoms with van der Waals surface area (Å²) in [5.74, 6) is 0. The van der Waals surface area contributed by atoms with Gasteiger partial charge in [-0.15, -0.1) is 0 Å². The number of rotatable bonds is 8. The van der Waals surface area contributed by atoms with Gasteiger partial charge in [0.25, 0.3) is 0 Å². The third-order valence-electron chi connectivity index (χ3n) is 2.37. The van der Waals surface area contributed by atoms with E-state index in [4.69, 9.17) is 0 Å². The average Bonchev–Trinajstić information content (AvgIpc) is 2.24. The summed E-state index contributed by atoms with van der Waals surface area (Å²) in [5.41, 5.74) is 0. The van der Waals surface area contributed by atoms with Crippen molar-refractivity contribution in [3.8, 4) is 0 Å². The monoisotopic (exact) mass is 226 g/mol. The van der Waals surface area contributed by atoms with E-state index in [1.807, 2.05) is 0 Å². The molecule has 0 aromatic rings. The van der Waals surface area contributed by atoms with Gasteiger partial charge in [0.2, 0.25) is 12.2 Å². The molecule has 0 aromatic carbocycles. The van der Waals surface area contributed by atoms with Crippen molar-refractivity contribution in [2.45, 2.75) is 51.6 Å². The normalized spacial score (nSPS) is 10.3. The fourth-order valence-corrected chi connectivity index (χ4v) is 4.39. The van der Waals surface area contributed by atoms with Gasteiger partial charge < -0.3 is 0 Å². The van der Waals surface area contributed by atoms with Gasteiger partial charge in [-0.25, -0.2) is 18.9 Å². The molecule has 0 N–H and O–H groups in total. The molecular formula is C10H18N2O2Si. The molecule has 84 valence electrons. The zero-order valence-electron chi connectivity index (χ0n) is 9.45. The Morgan fingerprint density at radius 3 is 1.60 bits per heavy atom. The van der Waals surface area contributed by atoms with Crippen molar-refractivity contribution in [2.75, 3.05) is 0 Å². The molecule has 0 amide bonds. The molecule has 5 heteroatoms. The van der Waals surface area contributed by atoms with Crippen molar-refractivity contribution < 1.29 is 9.59 Å². The van der Waals surface area contributed by atoms with E-state index in [-0.39, 0.29) is 0 Å². The van der Waals surface area contributed by atoms with E-state index >= 15 is 0 Å². The molecular weight excluding hydrogens is 208 g/mol. The van der Waals surface area contributed by atoms with Gasteiger partial charge in [0.15, 0.2) is 0 Å². The first-order valence-electron chi connectivity index (χ1n) is 5.42. The number of unbranched alkanes of at least 4 members (excludes halogenated alkanes) is 2. The number of hydrogen-bond acceptors (Lipinski definition) is 4. The number of hydrogen-bond donors (Lipinski definition) is 0. The zero-order valence-corrected chi connectivity index (χ0v) is 10.5. The van der Waals surface area contributed by atoms with E-state index in [0.29, 0.717) is 0 Å². The third kappa shape index (κ3) is 5.43. The minimum atomic E-state index is -2.43. The fraction of sp³-hybridized carbons (Fsp3) is 0.800. The molecule has 0 bridgehead atoms.